The number of anilines is 3. The molecule has 3 heteroatoms. The fourth-order valence-corrected chi connectivity index (χ4v) is 9.42. The Bertz CT molecular complexity index is 3190. The average molecular weight is 694 g/mol. The Kier molecular flexibility index (Phi) is 6.76. The zero-order chi connectivity index (χ0) is 34.9. The van der Waals surface area contributed by atoms with Crippen LogP contribution >= 0.6 is 11.3 Å². The van der Waals surface area contributed by atoms with Crippen molar-refractivity contribution in [2.75, 3.05) is 4.90 Å². The third kappa shape index (κ3) is 4.71. The number of furan rings is 1. The van der Waals surface area contributed by atoms with Crippen molar-refractivity contribution in [3.05, 3.63) is 188 Å². The molecular formula is C50H31NOS. The van der Waals surface area contributed by atoms with Gasteiger partial charge in [0.2, 0.25) is 0 Å². The lowest BCUT2D eigenvalue weighted by Gasteiger charge is -2.29. The molecule has 0 aliphatic carbocycles. The fourth-order valence-electron chi connectivity index (χ4n) is 8.29. The second-order valence-electron chi connectivity index (χ2n) is 13.6. The van der Waals surface area contributed by atoms with Crippen molar-refractivity contribution in [1.82, 2.24) is 0 Å². The van der Waals surface area contributed by atoms with Crippen molar-refractivity contribution < 1.29 is 4.42 Å². The molecule has 11 aromatic rings. The predicted molar refractivity (Wildman–Crippen MR) is 227 cm³/mol. The fraction of sp³-hybridized carbons (Fsp3) is 0. The van der Waals surface area contributed by atoms with Crippen LogP contribution in [0.4, 0.5) is 17.1 Å². The molecule has 0 amide bonds. The van der Waals surface area contributed by atoms with Crippen LogP contribution in [0.5, 0.6) is 0 Å². The van der Waals surface area contributed by atoms with Crippen molar-refractivity contribution in [2.45, 2.75) is 0 Å². The lowest BCUT2D eigenvalue weighted by molar-refractivity contribution is 0.670. The molecule has 248 valence electrons. The summed E-state index contributed by atoms with van der Waals surface area (Å²) < 4.78 is 9.24. The largest absolute Gasteiger partial charge is 0.455 e. The summed E-state index contributed by atoms with van der Waals surface area (Å²) in [5.41, 5.74) is 9.68. The van der Waals surface area contributed by atoms with Crippen LogP contribution in [-0.4, -0.2) is 0 Å². The molecule has 2 heterocycles. The zero-order valence-electron chi connectivity index (χ0n) is 28.7. The van der Waals surface area contributed by atoms with E-state index in [0.717, 1.165) is 61.3 Å². The van der Waals surface area contributed by atoms with E-state index in [0.29, 0.717) is 0 Å². The average Bonchev–Trinajstić information content (AvgIpc) is 3.80. The van der Waals surface area contributed by atoms with Crippen molar-refractivity contribution >= 4 is 92.1 Å². The molecule has 53 heavy (non-hydrogen) atoms. The maximum Gasteiger partial charge on any atom is 0.143 e. The Hall–Kier alpha value is -6.68. The molecule has 2 aromatic heterocycles. The summed E-state index contributed by atoms with van der Waals surface area (Å²) in [5, 5.41) is 9.68. The number of nitrogens with zero attached hydrogens (tertiary/aromatic N) is 1. The lowest BCUT2D eigenvalue weighted by atomic mass is 9.92. The van der Waals surface area contributed by atoms with Gasteiger partial charge in [0.05, 0.1) is 11.4 Å². The van der Waals surface area contributed by atoms with E-state index in [1.165, 1.54) is 41.7 Å². The molecule has 0 saturated heterocycles. The highest BCUT2D eigenvalue weighted by Gasteiger charge is 2.23. The van der Waals surface area contributed by atoms with Crippen molar-refractivity contribution in [1.29, 1.82) is 0 Å². The van der Waals surface area contributed by atoms with Gasteiger partial charge in [-0.15, -0.1) is 11.3 Å². The molecule has 0 aliphatic heterocycles. The summed E-state index contributed by atoms with van der Waals surface area (Å²) in [5.74, 6) is 0. The highest BCUT2D eigenvalue weighted by atomic mass is 32.1. The van der Waals surface area contributed by atoms with Gasteiger partial charge in [-0.1, -0.05) is 146 Å². The van der Waals surface area contributed by atoms with E-state index in [4.69, 9.17) is 4.42 Å². The summed E-state index contributed by atoms with van der Waals surface area (Å²) >= 11 is 1.85. The topological polar surface area (TPSA) is 16.4 Å². The normalized spacial score (nSPS) is 11.8. The molecule has 0 unspecified atom stereocenters. The molecular weight excluding hydrogens is 663 g/mol. The first-order valence-electron chi connectivity index (χ1n) is 18.0. The molecule has 0 atom stereocenters. The number of fused-ring (bicyclic) bond motifs is 9. The summed E-state index contributed by atoms with van der Waals surface area (Å²) in [6.45, 7) is 0. The molecule has 0 spiro atoms. The molecule has 0 N–H and O–H groups in total. The number of rotatable bonds is 5. The maximum atomic E-state index is 6.69. The maximum absolute atomic E-state index is 6.69. The molecule has 0 radical (unpaired) electrons. The minimum absolute atomic E-state index is 0.896. The lowest BCUT2D eigenvalue weighted by Crippen LogP contribution is -2.11. The highest BCUT2D eigenvalue weighted by molar-refractivity contribution is 7.26. The van der Waals surface area contributed by atoms with Crippen LogP contribution < -0.4 is 4.90 Å². The Balaban J connectivity index is 1.26. The van der Waals surface area contributed by atoms with E-state index in [1.54, 1.807) is 0 Å². The van der Waals surface area contributed by atoms with Crippen LogP contribution in [0, 0.1) is 0 Å². The minimum atomic E-state index is 0.896. The Morgan fingerprint density at radius 3 is 1.96 bits per heavy atom. The van der Waals surface area contributed by atoms with Gasteiger partial charge in [0.15, 0.2) is 0 Å². The summed E-state index contributed by atoms with van der Waals surface area (Å²) in [4.78, 5) is 2.49. The third-order valence-corrected chi connectivity index (χ3v) is 11.8. The molecule has 9 aromatic carbocycles. The second-order valence-corrected chi connectivity index (χ2v) is 14.7. The van der Waals surface area contributed by atoms with Crippen LogP contribution in [0.15, 0.2) is 192 Å². The van der Waals surface area contributed by atoms with Gasteiger partial charge in [0.1, 0.15) is 11.2 Å². The number of hydrogen-bond donors (Lipinski definition) is 0. The van der Waals surface area contributed by atoms with E-state index in [-0.39, 0.29) is 0 Å². The van der Waals surface area contributed by atoms with Gasteiger partial charge in [-0.3, -0.25) is 0 Å². The number of thiophene rings is 1. The van der Waals surface area contributed by atoms with Gasteiger partial charge in [-0.05, 0) is 75.3 Å². The van der Waals surface area contributed by atoms with Gasteiger partial charge in [-0.25, -0.2) is 0 Å². The molecule has 11 rings (SSSR count). The first-order chi connectivity index (χ1) is 26.3. The van der Waals surface area contributed by atoms with Crippen LogP contribution in [0.2, 0.25) is 0 Å². The molecule has 0 fully saturated rings. The Labute approximate surface area is 310 Å². The van der Waals surface area contributed by atoms with Crippen LogP contribution in [0.3, 0.4) is 0 Å². The standard InChI is InChI=1S/C50H31NOS/c1-2-14-32(15-3-1)36-29-28-34(31-43(36)41-23-12-22-40-39-20-8-10-25-46(39)52-50(40)41)51(44-24-13-27-48-49(44)42-21-9-11-26-47(42)53-48)45-30-33-16-4-5-17-35(33)37-18-6-7-19-38(37)45/h1-31H. The van der Waals surface area contributed by atoms with Crippen molar-refractivity contribution in [3.63, 3.8) is 0 Å². The van der Waals surface area contributed by atoms with E-state index in [2.05, 4.69) is 187 Å². The quantitative estimate of drug-likeness (QED) is 0.167. The second kappa shape index (κ2) is 11.9. The summed E-state index contributed by atoms with van der Waals surface area (Å²) in [6.07, 6.45) is 0. The van der Waals surface area contributed by atoms with Crippen LogP contribution in [-0.2, 0) is 0 Å². The molecule has 0 bridgehead atoms. The molecule has 0 aliphatic rings. The molecule has 0 saturated carbocycles. The zero-order valence-corrected chi connectivity index (χ0v) is 29.5. The smallest absolute Gasteiger partial charge is 0.143 e. The Morgan fingerprint density at radius 1 is 0.396 bits per heavy atom. The van der Waals surface area contributed by atoms with Gasteiger partial charge >= 0.3 is 0 Å². The van der Waals surface area contributed by atoms with Crippen LogP contribution in [0.1, 0.15) is 0 Å². The van der Waals surface area contributed by atoms with E-state index < -0.39 is 0 Å². The van der Waals surface area contributed by atoms with Crippen LogP contribution in [0.25, 0.3) is 85.9 Å². The monoisotopic (exact) mass is 693 g/mol. The number of hydrogen-bond acceptors (Lipinski definition) is 3. The van der Waals surface area contributed by atoms with Gasteiger partial charge < -0.3 is 9.32 Å². The van der Waals surface area contributed by atoms with E-state index >= 15 is 0 Å². The molecule has 2 nitrogen and oxygen atoms in total. The Morgan fingerprint density at radius 2 is 1.08 bits per heavy atom. The van der Waals surface area contributed by atoms with Crippen molar-refractivity contribution in [3.8, 4) is 22.3 Å². The number of para-hydroxylation sites is 2. The SMILES string of the molecule is c1ccc(-c2ccc(N(c3cc4ccccc4c4ccccc34)c3cccc4sc5ccccc5c34)cc2-c2cccc3c2oc2ccccc23)cc1. The van der Waals surface area contributed by atoms with Gasteiger partial charge in [0, 0.05) is 47.6 Å². The van der Waals surface area contributed by atoms with Gasteiger partial charge in [0.25, 0.3) is 0 Å². The third-order valence-electron chi connectivity index (χ3n) is 10.6. The summed E-state index contributed by atoms with van der Waals surface area (Å²) in [7, 11) is 0. The number of benzene rings is 9. The van der Waals surface area contributed by atoms with Crippen molar-refractivity contribution in [2.24, 2.45) is 0 Å². The van der Waals surface area contributed by atoms with Gasteiger partial charge in [-0.2, -0.15) is 0 Å². The van der Waals surface area contributed by atoms with E-state index in [9.17, 15) is 0 Å². The highest BCUT2D eigenvalue weighted by Crippen LogP contribution is 2.49. The minimum Gasteiger partial charge on any atom is -0.455 e. The first kappa shape index (κ1) is 30.0. The summed E-state index contributed by atoms with van der Waals surface area (Å²) in [6, 6.07) is 68.0. The predicted octanol–water partition coefficient (Wildman–Crippen LogP) is 15.1. The first-order valence-corrected chi connectivity index (χ1v) is 18.8. The van der Waals surface area contributed by atoms with E-state index in [1.807, 2.05) is 17.4 Å².